The highest BCUT2D eigenvalue weighted by molar-refractivity contribution is 9.10. The van der Waals surface area contributed by atoms with E-state index in [1.165, 1.54) is 0 Å². The molecule has 0 aliphatic carbocycles. The summed E-state index contributed by atoms with van der Waals surface area (Å²) in [5.41, 5.74) is 6.78. The Morgan fingerprint density at radius 3 is 2.65 bits per heavy atom. The van der Waals surface area contributed by atoms with Crippen molar-refractivity contribution >= 4 is 21.8 Å². The van der Waals surface area contributed by atoms with Gasteiger partial charge in [0.1, 0.15) is 5.75 Å². The largest absolute Gasteiger partial charge is 0.476 e. The van der Waals surface area contributed by atoms with Gasteiger partial charge in [0, 0.05) is 29.2 Å². The molecule has 1 aliphatic rings. The lowest BCUT2D eigenvalue weighted by Gasteiger charge is -2.24. The quantitative estimate of drug-likeness (QED) is 0.894. The van der Waals surface area contributed by atoms with Crippen LogP contribution in [0.25, 0.3) is 0 Å². The van der Waals surface area contributed by atoms with Gasteiger partial charge in [-0.05, 0) is 24.6 Å². The number of benzene rings is 2. The Hall–Kier alpha value is -1.85. The van der Waals surface area contributed by atoms with E-state index in [4.69, 9.17) is 10.5 Å². The lowest BCUT2D eigenvalue weighted by atomic mass is 10.1. The molecule has 23 heavy (non-hydrogen) atoms. The number of ether oxygens (including phenoxy) is 1. The predicted octanol–water partition coefficient (Wildman–Crippen LogP) is 3.13. The number of amides is 1. The van der Waals surface area contributed by atoms with Crippen LogP contribution in [0.2, 0.25) is 0 Å². The first-order valence-corrected chi connectivity index (χ1v) is 8.44. The number of likely N-dealkylation sites (tertiary alicyclic amines) is 1. The van der Waals surface area contributed by atoms with Crippen molar-refractivity contribution in [2.75, 3.05) is 13.1 Å². The molecule has 1 fully saturated rings. The molecule has 0 saturated carbocycles. The molecule has 1 unspecified atom stereocenters. The number of carbonyl (C=O) groups excluding carboxylic acids is 1. The summed E-state index contributed by atoms with van der Waals surface area (Å²) < 4.78 is 6.94. The number of rotatable bonds is 4. The van der Waals surface area contributed by atoms with Gasteiger partial charge in [0.05, 0.1) is 0 Å². The Morgan fingerprint density at radius 2 is 2.00 bits per heavy atom. The highest BCUT2D eigenvalue weighted by Crippen LogP contribution is 2.27. The molecular weight excluding hydrogens is 356 g/mol. The summed E-state index contributed by atoms with van der Waals surface area (Å²) in [6.45, 7) is 1.27. The SMILES string of the molecule is N[C@@H]1CCN(C(=O)C(Oc2cccc(Br)c2)c2ccccc2)C1. The monoisotopic (exact) mass is 374 g/mol. The normalized spacial score (nSPS) is 18.7. The highest BCUT2D eigenvalue weighted by atomic mass is 79.9. The van der Waals surface area contributed by atoms with Gasteiger partial charge in [0.15, 0.2) is 0 Å². The van der Waals surface area contributed by atoms with Crippen molar-refractivity contribution in [1.29, 1.82) is 0 Å². The predicted molar refractivity (Wildman–Crippen MR) is 93.1 cm³/mol. The average Bonchev–Trinajstić information content (AvgIpc) is 2.99. The molecule has 120 valence electrons. The molecule has 1 amide bonds. The van der Waals surface area contributed by atoms with Crippen molar-refractivity contribution in [2.24, 2.45) is 5.73 Å². The number of carbonyl (C=O) groups is 1. The second-order valence-corrected chi connectivity index (χ2v) is 6.61. The summed E-state index contributed by atoms with van der Waals surface area (Å²) in [5, 5.41) is 0. The summed E-state index contributed by atoms with van der Waals surface area (Å²) in [4.78, 5) is 14.7. The minimum absolute atomic E-state index is 0.0378. The van der Waals surface area contributed by atoms with Gasteiger partial charge in [-0.1, -0.05) is 52.3 Å². The second kappa shape index (κ2) is 7.15. The third kappa shape index (κ3) is 3.92. The second-order valence-electron chi connectivity index (χ2n) is 5.70. The molecule has 5 heteroatoms. The van der Waals surface area contributed by atoms with E-state index in [9.17, 15) is 4.79 Å². The number of halogens is 1. The standard InChI is InChI=1S/C18H19BrN2O2/c19-14-7-4-8-16(11-14)23-17(13-5-2-1-3-6-13)18(22)21-10-9-15(20)12-21/h1-8,11,15,17H,9-10,12,20H2/t15-,17?/m1/s1. The van der Waals surface area contributed by atoms with Gasteiger partial charge in [-0.15, -0.1) is 0 Å². The Bertz CT molecular complexity index is 678. The third-order valence-corrected chi connectivity index (χ3v) is 4.41. The highest BCUT2D eigenvalue weighted by Gasteiger charge is 2.31. The van der Waals surface area contributed by atoms with E-state index in [1.54, 1.807) is 4.90 Å². The fourth-order valence-corrected chi connectivity index (χ4v) is 3.10. The molecular formula is C18H19BrN2O2. The topological polar surface area (TPSA) is 55.6 Å². The zero-order chi connectivity index (χ0) is 16.2. The maximum absolute atomic E-state index is 12.9. The van der Waals surface area contributed by atoms with E-state index in [-0.39, 0.29) is 11.9 Å². The van der Waals surface area contributed by atoms with Crippen LogP contribution in [0.1, 0.15) is 18.1 Å². The van der Waals surface area contributed by atoms with Crippen molar-refractivity contribution < 1.29 is 9.53 Å². The van der Waals surface area contributed by atoms with Crippen molar-refractivity contribution in [1.82, 2.24) is 4.90 Å². The van der Waals surface area contributed by atoms with Gasteiger partial charge in [0.2, 0.25) is 6.10 Å². The summed E-state index contributed by atoms with van der Waals surface area (Å²) in [6, 6.07) is 17.2. The van der Waals surface area contributed by atoms with Crippen LogP contribution in [-0.4, -0.2) is 29.9 Å². The van der Waals surface area contributed by atoms with E-state index in [0.29, 0.717) is 18.8 Å². The first-order valence-electron chi connectivity index (χ1n) is 7.65. The van der Waals surface area contributed by atoms with Crippen LogP contribution in [0, 0.1) is 0 Å². The van der Waals surface area contributed by atoms with E-state index in [1.807, 2.05) is 54.6 Å². The minimum atomic E-state index is -0.657. The number of nitrogens with two attached hydrogens (primary N) is 1. The van der Waals surface area contributed by atoms with Gasteiger partial charge in [-0.25, -0.2) is 0 Å². The molecule has 0 bridgehead atoms. The van der Waals surface area contributed by atoms with Crippen LogP contribution in [-0.2, 0) is 4.79 Å². The van der Waals surface area contributed by atoms with Crippen molar-refractivity contribution in [3.05, 3.63) is 64.6 Å². The molecule has 2 aromatic carbocycles. The Labute approximate surface area is 144 Å². The van der Waals surface area contributed by atoms with Gasteiger partial charge in [-0.3, -0.25) is 4.79 Å². The molecule has 0 radical (unpaired) electrons. The summed E-state index contributed by atoms with van der Waals surface area (Å²) >= 11 is 3.43. The molecule has 2 aromatic rings. The van der Waals surface area contributed by atoms with E-state index in [2.05, 4.69) is 15.9 Å². The van der Waals surface area contributed by atoms with Crippen molar-refractivity contribution in [2.45, 2.75) is 18.6 Å². The zero-order valence-corrected chi connectivity index (χ0v) is 14.3. The van der Waals surface area contributed by atoms with Crippen LogP contribution in [0.15, 0.2) is 59.1 Å². The fourth-order valence-electron chi connectivity index (χ4n) is 2.72. The lowest BCUT2D eigenvalue weighted by molar-refractivity contribution is -0.138. The van der Waals surface area contributed by atoms with E-state index >= 15 is 0 Å². The maximum Gasteiger partial charge on any atom is 0.268 e. The lowest BCUT2D eigenvalue weighted by Crippen LogP contribution is -2.37. The van der Waals surface area contributed by atoms with Crippen LogP contribution < -0.4 is 10.5 Å². The van der Waals surface area contributed by atoms with Gasteiger partial charge in [-0.2, -0.15) is 0 Å². The maximum atomic E-state index is 12.9. The molecule has 0 aromatic heterocycles. The number of nitrogens with zero attached hydrogens (tertiary/aromatic N) is 1. The summed E-state index contributed by atoms with van der Waals surface area (Å²) in [5.74, 6) is 0.620. The minimum Gasteiger partial charge on any atom is -0.476 e. The molecule has 2 atom stereocenters. The fraction of sp³-hybridized carbons (Fsp3) is 0.278. The molecule has 2 N–H and O–H groups in total. The Kier molecular flexibility index (Phi) is 4.98. The third-order valence-electron chi connectivity index (χ3n) is 3.91. The van der Waals surface area contributed by atoms with Crippen LogP contribution in [0.5, 0.6) is 5.75 Å². The molecule has 1 saturated heterocycles. The number of hydrogen-bond acceptors (Lipinski definition) is 3. The van der Waals surface area contributed by atoms with E-state index in [0.717, 1.165) is 16.5 Å². The van der Waals surface area contributed by atoms with Crippen molar-refractivity contribution in [3.63, 3.8) is 0 Å². The van der Waals surface area contributed by atoms with Gasteiger partial charge < -0.3 is 15.4 Å². The molecule has 4 nitrogen and oxygen atoms in total. The Morgan fingerprint density at radius 1 is 1.22 bits per heavy atom. The van der Waals surface area contributed by atoms with Gasteiger partial charge in [0.25, 0.3) is 5.91 Å². The first kappa shape index (κ1) is 16.0. The van der Waals surface area contributed by atoms with E-state index < -0.39 is 6.10 Å². The van der Waals surface area contributed by atoms with Crippen molar-refractivity contribution in [3.8, 4) is 5.75 Å². The molecule has 1 aliphatic heterocycles. The van der Waals surface area contributed by atoms with Crippen LogP contribution in [0.3, 0.4) is 0 Å². The molecule has 3 rings (SSSR count). The smallest absolute Gasteiger partial charge is 0.268 e. The first-order chi connectivity index (χ1) is 11.1. The number of hydrogen-bond donors (Lipinski definition) is 1. The molecule has 0 spiro atoms. The van der Waals surface area contributed by atoms with Crippen LogP contribution >= 0.6 is 15.9 Å². The Balaban J connectivity index is 1.86. The zero-order valence-electron chi connectivity index (χ0n) is 12.7. The van der Waals surface area contributed by atoms with Crippen LogP contribution in [0.4, 0.5) is 0 Å². The summed E-state index contributed by atoms with van der Waals surface area (Å²) in [7, 11) is 0. The summed E-state index contributed by atoms with van der Waals surface area (Å²) in [6.07, 6.45) is 0.181. The molecule has 1 heterocycles. The van der Waals surface area contributed by atoms with Gasteiger partial charge >= 0.3 is 0 Å². The average molecular weight is 375 g/mol.